The lowest BCUT2D eigenvalue weighted by Gasteiger charge is -2.20. The Morgan fingerprint density at radius 1 is 1.16 bits per heavy atom. The summed E-state index contributed by atoms with van der Waals surface area (Å²) in [6.07, 6.45) is 0. The summed E-state index contributed by atoms with van der Waals surface area (Å²) in [5.74, 6) is -0.458. The van der Waals surface area contributed by atoms with Crippen LogP contribution in [0.1, 0.15) is 29.8 Å². The van der Waals surface area contributed by atoms with Crippen molar-refractivity contribution in [2.24, 2.45) is 0 Å². The molecule has 0 atom stereocenters. The molecule has 0 bridgehead atoms. The van der Waals surface area contributed by atoms with Gasteiger partial charge in [0.05, 0.1) is 23.3 Å². The fraction of sp³-hybridized carbons (Fsp3) is 0.235. The quantitative estimate of drug-likeness (QED) is 0.458. The first kappa shape index (κ1) is 21.6. The number of methoxy groups -OCH3 is 1. The van der Waals surface area contributed by atoms with Crippen LogP contribution in [0, 0.1) is 0 Å². The van der Waals surface area contributed by atoms with E-state index < -0.39 is 11.6 Å². The number of anilines is 2. The molecule has 0 aliphatic heterocycles. The van der Waals surface area contributed by atoms with E-state index in [1.807, 2.05) is 0 Å². The van der Waals surface area contributed by atoms with E-state index in [0.717, 1.165) is 4.47 Å². The van der Waals surface area contributed by atoms with E-state index in [2.05, 4.69) is 20.7 Å². The zero-order valence-corrected chi connectivity index (χ0v) is 17.0. The summed E-state index contributed by atoms with van der Waals surface area (Å²) in [5, 5.41) is 10.5. The number of esters is 1. The largest absolute Gasteiger partial charge is 0.465 e. The number of hydrogen-bond acceptors (Lipinski definition) is 5. The summed E-state index contributed by atoms with van der Waals surface area (Å²) < 4.78 is 5.24. The van der Waals surface area contributed by atoms with Crippen LogP contribution >= 0.6 is 39.1 Å². The average Bonchev–Trinajstić information content (AvgIpc) is 2.49. The van der Waals surface area contributed by atoms with Gasteiger partial charge in [0, 0.05) is 26.4 Å². The molecular formula is C17H19BrCl2N2O3. The second-order valence-corrected chi connectivity index (χ2v) is 7.31. The number of nitrogen functional groups attached to an aromatic ring is 2. The van der Waals surface area contributed by atoms with Crippen molar-refractivity contribution in [1.29, 1.82) is 0 Å². The number of benzene rings is 2. The topological polar surface area (TPSA) is 98.6 Å². The molecule has 0 saturated heterocycles. The van der Waals surface area contributed by atoms with Gasteiger partial charge in [0.1, 0.15) is 0 Å². The van der Waals surface area contributed by atoms with E-state index in [0.29, 0.717) is 32.5 Å². The van der Waals surface area contributed by atoms with Gasteiger partial charge >= 0.3 is 5.97 Å². The van der Waals surface area contributed by atoms with Crippen molar-refractivity contribution in [1.82, 2.24) is 0 Å². The third kappa shape index (κ3) is 6.08. The highest BCUT2D eigenvalue weighted by Crippen LogP contribution is 2.33. The Morgan fingerprint density at radius 2 is 1.76 bits per heavy atom. The second-order valence-electron chi connectivity index (χ2n) is 5.64. The molecule has 5 nitrogen and oxygen atoms in total. The highest BCUT2D eigenvalue weighted by molar-refractivity contribution is 9.10. The van der Waals surface area contributed by atoms with Crippen LogP contribution in [0.4, 0.5) is 11.4 Å². The summed E-state index contributed by atoms with van der Waals surface area (Å²) in [4.78, 5) is 11.0. The Morgan fingerprint density at radius 3 is 2.24 bits per heavy atom. The van der Waals surface area contributed by atoms with Crippen LogP contribution in [0.2, 0.25) is 10.0 Å². The van der Waals surface area contributed by atoms with Gasteiger partial charge < -0.3 is 21.3 Å². The van der Waals surface area contributed by atoms with Gasteiger partial charge in [-0.15, -0.1) is 0 Å². The van der Waals surface area contributed by atoms with Crippen molar-refractivity contribution in [3.63, 3.8) is 0 Å². The van der Waals surface area contributed by atoms with Gasteiger partial charge in [-0.25, -0.2) is 4.79 Å². The van der Waals surface area contributed by atoms with Crippen LogP contribution in [0.25, 0.3) is 0 Å². The molecule has 136 valence electrons. The van der Waals surface area contributed by atoms with Gasteiger partial charge in [0.15, 0.2) is 0 Å². The van der Waals surface area contributed by atoms with Crippen LogP contribution in [0.5, 0.6) is 0 Å². The molecule has 0 fully saturated rings. The van der Waals surface area contributed by atoms with E-state index in [1.54, 1.807) is 32.0 Å². The molecule has 2 aromatic rings. The molecule has 0 aliphatic rings. The predicted molar refractivity (Wildman–Crippen MR) is 106 cm³/mol. The van der Waals surface area contributed by atoms with Crippen molar-refractivity contribution in [2.45, 2.75) is 19.4 Å². The molecule has 25 heavy (non-hydrogen) atoms. The molecule has 0 amide bonds. The van der Waals surface area contributed by atoms with Crippen molar-refractivity contribution in [3.05, 3.63) is 56.0 Å². The molecule has 0 spiro atoms. The van der Waals surface area contributed by atoms with Gasteiger partial charge in [0.2, 0.25) is 0 Å². The molecule has 0 aliphatic carbocycles. The summed E-state index contributed by atoms with van der Waals surface area (Å²) in [5.41, 5.74) is 12.2. The van der Waals surface area contributed by atoms with Crippen LogP contribution in [0.3, 0.4) is 0 Å². The number of carbonyl (C=O) groups excluding carboxylic acids is 1. The van der Waals surface area contributed by atoms with Crippen LogP contribution in [-0.2, 0) is 10.3 Å². The summed E-state index contributed by atoms with van der Waals surface area (Å²) in [7, 11) is 1.30. The van der Waals surface area contributed by atoms with Gasteiger partial charge in [-0.2, -0.15) is 0 Å². The number of ether oxygens (including phenoxy) is 1. The Kier molecular flexibility index (Phi) is 7.56. The summed E-state index contributed by atoms with van der Waals surface area (Å²) >= 11 is 14.9. The standard InChI is InChI=1S/C9H11BrClNO.C8H8ClNO2/c1-9(2,13)5-3-6(10)8(12)4-7(5)11;1-12-8(11)6-3-2-5(10)4-7(6)9/h3-4,13H,12H2,1-2H3;2-4H,10H2,1H3. The third-order valence-electron chi connectivity index (χ3n) is 3.14. The highest BCUT2D eigenvalue weighted by atomic mass is 79.9. The Labute approximate surface area is 165 Å². The Hall–Kier alpha value is -1.47. The lowest BCUT2D eigenvalue weighted by atomic mass is 9.98. The minimum absolute atomic E-state index is 0.307. The zero-order valence-electron chi connectivity index (χ0n) is 13.9. The first-order valence-electron chi connectivity index (χ1n) is 7.08. The number of carbonyl (C=O) groups is 1. The van der Waals surface area contributed by atoms with Crippen LogP contribution < -0.4 is 11.5 Å². The fourth-order valence-electron chi connectivity index (χ4n) is 1.84. The monoisotopic (exact) mass is 448 g/mol. The first-order chi connectivity index (χ1) is 11.5. The molecule has 0 heterocycles. The SMILES string of the molecule is CC(C)(O)c1cc(Br)c(N)cc1Cl.COC(=O)c1ccc(N)cc1Cl. The van der Waals surface area contributed by atoms with Crippen LogP contribution in [-0.4, -0.2) is 18.2 Å². The number of nitrogens with two attached hydrogens (primary N) is 2. The van der Waals surface area contributed by atoms with Gasteiger partial charge in [-0.05, 0) is 60.1 Å². The van der Waals surface area contributed by atoms with E-state index in [4.69, 9.17) is 34.7 Å². The number of aliphatic hydroxyl groups is 1. The molecule has 0 aromatic heterocycles. The van der Waals surface area contributed by atoms with Crippen LogP contribution in [0.15, 0.2) is 34.8 Å². The normalized spacial score (nSPS) is 10.7. The molecule has 0 unspecified atom stereocenters. The number of rotatable bonds is 2. The average molecular weight is 450 g/mol. The third-order valence-corrected chi connectivity index (χ3v) is 4.46. The maximum absolute atomic E-state index is 11.0. The molecule has 5 N–H and O–H groups in total. The van der Waals surface area contributed by atoms with Crippen molar-refractivity contribution >= 4 is 56.5 Å². The minimum atomic E-state index is -0.951. The van der Waals surface area contributed by atoms with Crippen molar-refractivity contribution < 1.29 is 14.6 Å². The number of hydrogen-bond donors (Lipinski definition) is 3. The molecular weight excluding hydrogens is 431 g/mol. The van der Waals surface area contributed by atoms with Crippen molar-refractivity contribution in [2.75, 3.05) is 18.6 Å². The lowest BCUT2D eigenvalue weighted by Crippen LogP contribution is -2.16. The first-order valence-corrected chi connectivity index (χ1v) is 8.63. The highest BCUT2D eigenvalue weighted by Gasteiger charge is 2.20. The van der Waals surface area contributed by atoms with Gasteiger partial charge in [-0.1, -0.05) is 23.2 Å². The summed E-state index contributed by atoms with van der Waals surface area (Å²) in [6, 6.07) is 7.99. The smallest absolute Gasteiger partial charge is 0.339 e. The molecule has 8 heteroatoms. The zero-order chi connectivity index (χ0) is 19.4. The Balaban J connectivity index is 0.000000251. The van der Waals surface area contributed by atoms with E-state index in [-0.39, 0.29) is 0 Å². The summed E-state index contributed by atoms with van der Waals surface area (Å²) in [6.45, 7) is 3.35. The minimum Gasteiger partial charge on any atom is -0.465 e. The maximum Gasteiger partial charge on any atom is 0.339 e. The molecule has 2 aromatic carbocycles. The van der Waals surface area contributed by atoms with Crippen molar-refractivity contribution in [3.8, 4) is 0 Å². The predicted octanol–water partition coefficient (Wildman–Crippen LogP) is 4.62. The van der Waals surface area contributed by atoms with E-state index in [1.165, 1.54) is 19.2 Å². The number of halogens is 3. The molecule has 0 saturated carbocycles. The lowest BCUT2D eigenvalue weighted by molar-refractivity contribution is 0.0600. The maximum atomic E-state index is 11.0. The van der Waals surface area contributed by atoms with Gasteiger partial charge in [-0.3, -0.25) is 0 Å². The Bertz CT molecular complexity index is 777. The van der Waals surface area contributed by atoms with E-state index >= 15 is 0 Å². The van der Waals surface area contributed by atoms with E-state index in [9.17, 15) is 9.90 Å². The molecule has 0 radical (unpaired) electrons. The second kappa shape index (κ2) is 8.76. The van der Waals surface area contributed by atoms with Gasteiger partial charge in [0.25, 0.3) is 0 Å². The molecule has 2 rings (SSSR count). The fourth-order valence-corrected chi connectivity index (χ4v) is 2.85.